The molecule has 0 bridgehead atoms. The van der Waals surface area contributed by atoms with E-state index in [4.69, 9.17) is 0 Å². The van der Waals surface area contributed by atoms with Crippen LogP contribution in [0.4, 0.5) is 0 Å². The number of aromatic nitrogens is 4. The first-order valence-electron chi connectivity index (χ1n) is 5.66. The van der Waals surface area contributed by atoms with Crippen molar-refractivity contribution in [2.45, 2.75) is 13.8 Å². The van der Waals surface area contributed by atoms with Crippen molar-refractivity contribution >= 4 is 5.65 Å². The molecule has 3 heterocycles. The number of pyridine rings is 1. The molecule has 3 aromatic rings. The van der Waals surface area contributed by atoms with Crippen molar-refractivity contribution in [1.82, 2.24) is 19.2 Å². The predicted molar refractivity (Wildman–Crippen MR) is 68.1 cm³/mol. The Morgan fingerprint density at radius 1 is 1.11 bits per heavy atom. The Labute approximate surface area is 103 Å². The molecule has 0 amide bonds. The number of aryl methyl sites for hydroxylation is 2. The zero-order valence-electron chi connectivity index (χ0n) is 10.2. The first kappa shape index (κ1) is 10.7. The summed E-state index contributed by atoms with van der Waals surface area (Å²) in [7, 11) is 0. The van der Waals surface area contributed by atoms with Crippen LogP contribution in [0.1, 0.15) is 11.4 Å². The first-order valence-corrected chi connectivity index (χ1v) is 5.66. The van der Waals surface area contributed by atoms with Crippen LogP contribution in [0.15, 0.2) is 41.6 Å². The lowest BCUT2D eigenvalue weighted by atomic mass is 10.3. The van der Waals surface area contributed by atoms with Crippen LogP contribution in [0, 0.1) is 13.8 Å². The number of nitrogens with zero attached hydrogens (tertiary/aromatic N) is 4. The topological polar surface area (TPSA) is 52.2 Å². The molecule has 3 rings (SSSR count). The molecule has 0 radical (unpaired) electrons. The molecule has 0 aliphatic heterocycles. The lowest BCUT2D eigenvalue weighted by molar-refractivity contribution is 0.880. The van der Waals surface area contributed by atoms with Gasteiger partial charge in [0.25, 0.3) is 0 Å². The zero-order valence-corrected chi connectivity index (χ0v) is 10.2. The molecular weight excluding hydrogens is 228 g/mol. The molecule has 5 nitrogen and oxygen atoms in total. The van der Waals surface area contributed by atoms with Gasteiger partial charge in [-0.05, 0) is 19.9 Å². The van der Waals surface area contributed by atoms with Crippen LogP contribution < -0.4 is 5.43 Å². The maximum atomic E-state index is 11.1. The molecule has 0 aromatic carbocycles. The third kappa shape index (κ3) is 1.69. The number of hydrogen-bond acceptors (Lipinski definition) is 3. The second-order valence-electron chi connectivity index (χ2n) is 4.26. The van der Waals surface area contributed by atoms with E-state index in [1.807, 2.05) is 30.7 Å². The van der Waals surface area contributed by atoms with Crippen molar-refractivity contribution in [2.75, 3.05) is 0 Å². The van der Waals surface area contributed by atoms with E-state index in [0.29, 0.717) is 0 Å². The van der Waals surface area contributed by atoms with Gasteiger partial charge in [-0.1, -0.05) is 0 Å². The standard InChI is InChI=1S/C13H12N4O/c1-9-7-12(16-5-3-11(18)4-6-16)13-14-10(2)8-17(13)15-9/h3-8H,1-2H3. The van der Waals surface area contributed by atoms with E-state index in [-0.39, 0.29) is 5.43 Å². The summed E-state index contributed by atoms with van der Waals surface area (Å²) in [5, 5.41) is 4.38. The Kier molecular flexibility index (Phi) is 2.26. The van der Waals surface area contributed by atoms with Gasteiger partial charge in [0.05, 0.1) is 23.3 Å². The van der Waals surface area contributed by atoms with Crippen LogP contribution in [0.3, 0.4) is 0 Å². The Morgan fingerprint density at radius 2 is 1.83 bits per heavy atom. The predicted octanol–water partition coefficient (Wildman–Crippen LogP) is 1.50. The molecule has 5 heteroatoms. The van der Waals surface area contributed by atoms with Gasteiger partial charge in [0, 0.05) is 24.5 Å². The summed E-state index contributed by atoms with van der Waals surface area (Å²) in [6, 6.07) is 5.01. The summed E-state index contributed by atoms with van der Waals surface area (Å²) in [5.74, 6) is 0. The smallest absolute Gasteiger partial charge is 0.181 e. The summed E-state index contributed by atoms with van der Waals surface area (Å²) >= 11 is 0. The molecule has 0 N–H and O–H groups in total. The van der Waals surface area contributed by atoms with E-state index in [0.717, 1.165) is 22.7 Å². The number of hydrogen-bond donors (Lipinski definition) is 0. The van der Waals surface area contributed by atoms with E-state index >= 15 is 0 Å². The molecular formula is C13H12N4O. The fraction of sp³-hybridized carbons (Fsp3) is 0.154. The van der Waals surface area contributed by atoms with Gasteiger partial charge in [0.2, 0.25) is 0 Å². The van der Waals surface area contributed by atoms with Gasteiger partial charge in [0.1, 0.15) is 0 Å². The van der Waals surface area contributed by atoms with Crippen molar-refractivity contribution in [3.63, 3.8) is 0 Å². The highest BCUT2D eigenvalue weighted by Gasteiger charge is 2.07. The van der Waals surface area contributed by atoms with Crippen molar-refractivity contribution in [3.05, 3.63) is 58.4 Å². The molecule has 0 saturated carbocycles. The minimum absolute atomic E-state index is 0.00688. The average molecular weight is 240 g/mol. The Bertz CT molecular complexity index is 765. The van der Waals surface area contributed by atoms with Crippen molar-refractivity contribution in [2.24, 2.45) is 0 Å². The highest BCUT2D eigenvalue weighted by atomic mass is 16.1. The van der Waals surface area contributed by atoms with Gasteiger partial charge in [-0.15, -0.1) is 0 Å². The molecule has 90 valence electrons. The maximum absolute atomic E-state index is 11.1. The third-order valence-corrected chi connectivity index (χ3v) is 2.73. The zero-order chi connectivity index (χ0) is 12.7. The van der Waals surface area contributed by atoms with Gasteiger partial charge in [-0.25, -0.2) is 9.50 Å². The second kappa shape index (κ2) is 3.80. The van der Waals surface area contributed by atoms with E-state index in [1.54, 1.807) is 16.9 Å². The monoisotopic (exact) mass is 240 g/mol. The highest BCUT2D eigenvalue weighted by molar-refractivity contribution is 5.59. The van der Waals surface area contributed by atoms with Gasteiger partial charge >= 0.3 is 0 Å². The fourth-order valence-electron chi connectivity index (χ4n) is 1.96. The lowest BCUT2D eigenvalue weighted by Gasteiger charge is -2.07. The average Bonchev–Trinajstić information content (AvgIpc) is 2.69. The van der Waals surface area contributed by atoms with Crippen LogP contribution in [0.5, 0.6) is 0 Å². The minimum atomic E-state index is -0.00688. The third-order valence-electron chi connectivity index (χ3n) is 2.73. The highest BCUT2D eigenvalue weighted by Crippen LogP contribution is 2.15. The number of fused-ring (bicyclic) bond motifs is 1. The van der Waals surface area contributed by atoms with Crippen molar-refractivity contribution in [1.29, 1.82) is 0 Å². The summed E-state index contributed by atoms with van der Waals surface area (Å²) < 4.78 is 3.63. The first-order chi connectivity index (χ1) is 8.63. The van der Waals surface area contributed by atoms with Gasteiger partial charge in [0.15, 0.2) is 11.1 Å². The SMILES string of the molecule is Cc1cn2nc(C)cc(-n3ccc(=O)cc3)c2n1. The van der Waals surface area contributed by atoms with Gasteiger partial charge in [-0.3, -0.25) is 4.79 Å². The molecule has 0 aliphatic rings. The van der Waals surface area contributed by atoms with Crippen molar-refractivity contribution in [3.8, 4) is 5.69 Å². The van der Waals surface area contributed by atoms with Crippen LogP contribution in [0.25, 0.3) is 11.3 Å². The summed E-state index contributed by atoms with van der Waals surface area (Å²) in [5.41, 5.74) is 3.49. The van der Waals surface area contributed by atoms with Crippen LogP contribution in [-0.4, -0.2) is 19.2 Å². The van der Waals surface area contributed by atoms with E-state index in [2.05, 4.69) is 10.1 Å². The van der Waals surface area contributed by atoms with Crippen molar-refractivity contribution < 1.29 is 0 Å². The molecule has 0 fully saturated rings. The van der Waals surface area contributed by atoms with Gasteiger partial charge in [-0.2, -0.15) is 5.10 Å². The lowest BCUT2D eigenvalue weighted by Crippen LogP contribution is -2.05. The quantitative estimate of drug-likeness (QED) is 0.647. The van der Waals surface area contributed by atoms with Crippen LogP contribution >= 0.6 is 0 Å². The molecule has 0 unspecified atom stereocenters. The number of rotatable bonds is 1. The Hall–Kier alpha value is -2.43. The number of imidazole rings is 1. The molecule has 3 aromatic heterocycles. The largest absolute Gasteiger partial charge is 0.320 e. The summed E-state index contributed by atoms with van der Waals surface area (Å²) in [4.78, 5) is 15.6. The molecule has 18 heavy (non-hydrogen) atoms. The fourth-order valence-corrected chi connectivity index (χ4v) is 1.96. The molecule has 0 aliphatic carbocycles. The minimum Gasteiger partial charge on any atom is -0.320 e. The Morgan fingerprint density at radius 3 is 2.56 bits per heavy atom. The Balaban J connectivity index is 2.33. The van der Waals surface area contributed by atoms with Gasteiger partial charge < -0.3 is 4.57 Å². The van der Waals surface area contributed by atoms with E-state index in [1.165, 1.54) is 12.1 Å². The van der Waals surface area contributed by atoms with Crippen LogP contribution in [-0.2, 0) is 0 Å². The van der Waals surface area contributed by atoms with E-state index < -0.39 is 0 Å². The summed E-state index contributed by atoms with van der Waals surface area (Å²) in [6.45, 7) is 3.86. The molecule has 0 spiro atoms. The molecule has 0 saturated heterocycles. The normalized spacial score (nSPS) is 11.0. The maximum Gasteiger partial charge on any atom is 0.181 e. The molecule has 0 atom stereocenters. The van der Waals surface area contributed by atoms with Crippen LogP contribution in [0.2, 0.25) is 0 Å². The van der Waals surface area contributed by atoms with E-state index in [9.17, 15) is 4.79 Å². The second-order valence-corrected chi connectivity index (χ2v) is 4.26. The summed E-state index contributed by atoms with van der Waals surface area (Å²) in [6.07, 6.45) is 5.36.